The Labute approximate surface area is 108 Å². The summed E-state index contributed by atoms with van der Waals surface area (Å²) < 4.78 is 7.94. The fourth-order valence-electron chi connectivity index (χ4n) is 1.80. The van der Waals surface area contributed by atoms with Crippen molar-refractivity contribution in [3.63, 3.8) is 0 Å². The number of rotatable bonds is 4. The van der Waals surface area contributed by atoms with Gasteiger partial charge in [-0.1, -0.05) is 12.8 Å². The molecule has 1 aliphatic rings. The minimum Gasteiger partial charge on any atom is -0.394 e. The number of thiol groups is 1. The molecule has 0 bridgehead atoms. The van der Waals surface area contributed by atoms with Gasteiger partial charge in [-0.3, -0.25) is 9.78 Å². The lowest BCUT2D eigenvalue weighted by atomic mass is 10.2. The quantitative estimate of drug-likeness (QED) is 0.409. The number of nitrogens with one attached hydrogen (secondary N) is 3. The van der Waals surface area contributed by atoms with E-state index in [2.05, 4.69) is 32.8 Å². The first-order chi connectivity index (χ1) is 8.63. The highest BCUT2D eigenvalue weighted by molar-refractivity contribution is 7.81. The topological polar surface area (TPSA) is 125 Å². The van der Waals surface area contributed by atoms with E-state index in [4.69, 9.17) is 15.6 Å². The van der Waals surface area contributed by atoms with Gasteiger partial charge in [0.1, 0.15) is 6.23 Å². The predicted molar refractivity (Wildman–Crippen MR) is 70.5 cm³/mol. The van der Waals surface area contributed by atoms with Crippen molar-refractivity contribution in [2.24, 2.45) is 0 Å². The van der Waals surface area contributed by atoms with Crippen LogP contribution < -0.4 is 21.3 Å². The van der Waals surface area contributed by atoms with E-state index in [0.717, 1.165) is 6.42 Å². The van der Waals surface area contributed by atoms with Crippen LogP contribution in [0.15, 0.2) is 4.79 Å². The molecule has 0 spiro atoms. The van der Waals surface area contributed by atoms with Crippen molar-refractivity contribution in [3.05, 3.63) is 10.4 Å². The Hall–Kier alpha value is -1.45. The van der Waals surface area contributed by atoms with E-state index in [0.29, 0.717) is 6.42 Å². The zero-order valence-electron chi connectivity index (χ0n) is 9.51. The SMILES string of the molecule is Nc1nc(N[C@H]2CC[C@@H](CO)O2)c(NS)c(=O)[nH]1. The highest BCUT2D eigenvalue weighted by atomic mass is 32.1. The third-order valence-electron chi connectivity index (χ3n) is 2.66. The van der Waals surface area contributed by atoms with E-state index in [1.807, 2.05) is 0 Å². The van der Waals surface area contributed by atoms with E-state index < -0.39 is 5.56 Å². The monoisotopic (exact) mass is 273 g/mol. The number of aromatic amines is 1. The van der Waals surface area contributed by atoms with Gasteiger partial charge in [-0.25, -0.2) is 0 Å². The maximum absolute atomic E-state index is 11.6. The van der Waals surface area contributed by atoms with Crippen molar-refractivity contribution in [2.45, 2.75) is 25.2 Å². The Balaban J connectivity index is 2.16. The van der Waals surface area contributed by atoms with Crippen molar-refractivity contribution in [1.82, 2.24) is 9.97 Å². The standard InChI is InChI=1S/C9H15N5O3S/c10-9-12-7(6(14-18)8(16)13-9)11-5-2-1-4(3-15)17-5/h4-5,14-15,18H,1-3H2,(H4,10,11,12,13,16)/t4-,5+/m0/s1. The van der Waals surface area contributed by atoms with Gasteiger partial charge >= 0.3 is 0 Å². The van der Waals surface area contributed by atoms with Crippen LogP contribution in [-0.2, 0) is 4.74 Å². The Morgan fingerprint density at radius 2 is 2.39 bits per heavy atom. The van der Waals surface area contributed by atoms with Crippen molar-refractivity contribution in [3.8, 4) is 0 Å². The van der Waals surface area contributed by atoms with Crippen LogP contribution in [0, 0.1) is 0 Å². The number of nitrogens with zero attached hydrogens (tertiary/aromatic N) is 1. The number of H-pyrrole nitrogens is 1. The normalized spacial score (nSPS) is 23.0. The van der Waals surface area contributed by atoms with Gasteiger partial charge in [0.2, 0.25) is 5.95 Å². The number of aromatic nitrogens is 2. The Morgan fingerprint density at radius 3 is 3.00 bits per heavy atom. The molecule has 2 rings (SSSR count). The Morgan fingerprint density at radius 1 is 1.61 bits per heavy atom. The van der Waals surface area contributed by atoms with Gasteiger partial charge < -0.3 is 25.6 Å². The molecule has 2 heterocycles. The Bertz CT molecular complexity index is 480. The maximum Gasteiger partial charge on any atom is 0.278 e. The number of aliphatic hydroxyl groups excluding tert-OH is 1. The second-order valence-corrected chi connectivity index (χ2v) is 4.16. The molecule has 1 aromatic rings. The molecule has 0 radical (unpaired) electrons. The van der Waals surface area contributed by atoms with E-state index in [9.17, 15) is 4.79 Å². The van der Waals surface area contributed by atoms with Crippen LogP contribution >= 0.6 is 12.8 Å². The van der Waals surface area contributed by atoms with Crippen LogP contribution in [0.3, 0.4) is 0 Å². The van der Waals surface area contributed by atoms with E-state index in [1.165, 1.54) is 0 Å². The molecule has 2 atom stereocenters. The summed E-state index contributed by atoms with van der Waals surface area (Å²) in [6, 6.07) is 0. The largest absolute Gasteiger partial charge is 0.394 e. The molecule has 0 aliphatic carbocycles. The zero-order valence-corrected chi connectivity index (χ0v) is 10.4. The summed E-state index contributed by atoms with van der Waals surface area (Å²) in [5.74, 6) is 0.279. The Kier molecular flexibility index (Phi) is 3.94. The van der Waals surface area contributed by atoms with Gasteiger partial charge in [-0.05, 0) is 12.8 Å². The van der Waals surface area contributed by atoms with Crippen molar-refractivity contribution in [1.29, 1.82) is 0 Å². The van der Waals surface area contributed by atoms with Crippen LogP contribution in [0.5, 0.6) is 0 Å². The number of hydrogen-bond donors (Lipinski definition) is 6. The lowest BCUT2D eigenvalue weighted by Crippen LogP contribution is -2.25. The highest BCUT2D eigenvalue weighted by Crippen LogP contribution is 2.23. The molecule has 100 valence electrons. The summed E-state index contributed by atoms with van der Waals surface area (Å²) in [6.07, 6.45) is 0.966. The molecule has 1 aliphatic heterocycles. The maximum atomic E-state index is 11.6. The summed E-state index contributed by atoms with van der Waals surface area (Å²) in [5.41, 5.74) is 5.22. The fourth-order valence-corrected chi connectivity index (χ4v) is 2.00. The predicted octanol–water partition coefficient (Wildman–Crippen LogP) is -0.482. The van der Waals surface area contributed by atoms with Gasteiger partial charge in [0.05, 0.1) is 12.7 Å². The average molecular weight is 273 g/mol. The smallest absolute Gasteiger partial charge is 0.278 e. The van der Waals surface area contributed by atoms with Crippen LogP contribution in [-0.4, -0.2) is 34.0 Å². The minimum atomic E-state index is -0.420. The van der Waals surface area contributed by atoms with Crippen LogP contribution in [0.25, 0.3) is 0 Å². The third kappa shape index (κ3) is 2.68. The number of hydrogen-bond acceptors (Lipinski definition) is 8. The number of nitrogens with two attached hydrogens (primary N) is 1. The van der Waals surface area contributed by atoms with E-state index in [-0.39, 0.29) is 36.4 Å². The first kappa shape index (κ1) is 13.0. The molecule has 0 amide bonds. The number of anilines is 3. The van der Waals surface area contributed by atoms with Crippen LogP contribution in [0.1, 0.15) is 12.8 Å². The van der Waals surface area contributed by atoms with Gasteiger partial charge in [0, 0.05) is 0 Å². The summed E-state index contributed by atoms with van der Waals surface area (Å²) in [6.45, 7) is -0.0270. The summed E-state index contributed by atoms with van der Waals surface area (Å²) >= 11 is 3.84. The number of ether oxygens (including phenoxy) is 1. The molecular formula is C9H15N5O3S. The molecule has 0 saturated carbocycles. The van der Waals surface area contributed by atoms with E-state index in [1.54, 1.807) is 0 Å². The molecule has 1 aromatic heterocycles. The fraction of sp³-hybridized carbons (Fsp3) is 0.556. The summed E-state index contributed by atoms with van der Waals surface area (Å²) in [4.78, 5) is 17.9. The van der Waals surface area contributed by atoms with Crippen LogP contribution in [0.4, 0.5) is 17.5 Å². The number of nitrogen functional groups attached to an aromatic ring is 1. The third-order valence-corrected chi connectivity index (χ3v) is 2.88. The first-order valence-corrected chi connectivity index (χ1v) is 5.91. The second-order valence-electron chi connectivity index (χ2n) is 3.94. The number of aliphatic hydroxyl groups is 1. The van der Waals surface area contributed by atoms with Gasteiger partial charge in [-0.2, -0.15) is 4.98 Å². The van der Waals surface area contributed by atoms with Crippen molar-refractivity contribution >= 4 is 30.3 Å². The molecule has 1 saturated heterocycles. The molecule has 0 unspecified atom stereocenters. The molecule has 0 aromatic carbocycles. The van der Waals surface area contributed by atoms with Gasteiger partial charge in [-0.15, -0.1) is 0 Å². The van der Waals surface area contributed by atoms with Gasteiger partial charge in [0.15, 0.2) is 11.5 Å². The second kappa shape index (κ2) is 5.46. The van der Waals surface area contributed by atoms with Crippen LogP contribution in [0.2, 0.25) is 0 Å². The average Bonchev–Trinajstić information content (AvgIpc) is 2.76. The van der Waals surface area contributed by atoms with Gasteiger partial charge in [0.25, 0.3) is 5.56 Å². The summed E-state index contributed by atoms with van der Waals surface area (Å²) in [7, 11) is 0. The van der Waals surface area contributed by atoms with Crippen molar-refractivity contribution < 1.29 is 9.84 Å². The highest BCUT2D eigenvalue weighted by Gasteiger charge is 2.25. The zero-order chi connectivity index (χ0) is 13.1. The lowest BCUT2D eigenvalue weighted by Gasteiger charge is -2.16. The lowest BCUT2D eigenvalue weighted by molar-refractivity contribution is 0.0234. The summed E-state index contributed by atoms with van der Waals surface area (Å²) in [5, 5.41) is 11.9. The van der Waals surface area contributed by atoms with E-state index >= 15 is 0 Å². The minimum absolute atomic E-state index is 0.00605. The molecule has 9 heteroatoms. The molecule has 1 fully saturated rings. The molecular weight excluding hydrogens is 258 g/mol. The molecule has 18 heavy (non-hydrogen) atoms. The van der Waals surface area contributed by atoms with Crippen molar-refractivity contribution in [2.75, 3.05) is 22.4 Å². The molecule has 6 N–H and O–H groups in total. The first-order valence-electron chi connectivity index (χ1n) is 5.46. The molecule has 8 nitrogen and oxygen atoms in total.